The Morgan fingerprint density at radius 2 is 1.18 bits per heavy atom. The van der Waals surface area contributed by atoms with Gasteiger partial charge in [0.25, 0.3) is 0 Å². The molecule has 320 valence electrons. The number of amides is 6. The van der Waals surface area contributed by atoms with Crippen LogP contribution in [0.5, 0.6) is 0 Å². The summed E-state index contributed by atoms with van der Waals surface area (Å²) < 4.78 is 0. The number of carboxylic acid groups (broad SMARTS) is 1. The van der Waals surface area contributed by atoms with E-state index in [1.807, 2.05) is 72.1 Å². The van der Waals surface area contributed by atoms with Gasteiger partial charge in [-0.3, -0.25) is 33.6 Å². The lowest BCUT2D eigenvalue weighted by Crippen LogP contribution is -2.60. The molecule has 0 radical (unpaired) electrons. The molecule has 4 aromatic carbocycles. The number of carbonyl (C=O) groups is 7. The maximum absolute atomic E-state index is 14.6. The van der Waals surface area contributed by atoms with E-state index in [-0.39, 0.29) is 38.5 Å². The predicted molar refractivity (Wildman–Crippen MR) is 235 cm³/mol. The van der Waals surface area contributed by atoms with E-state index in [0.29, 0.717) is 22.4 Å². The lowest BCUT2D eigenvalue weighted by atomic mass is 9.99. The van der Waals surface area contributed by atoms with Crippen molar-refractivity contribution in [1.82, 2.24) is 26.6 Å². The first-order chi connectivity index (χ1) is 29.9. The minimum absolute atomic E-state index is 0.0000885. The monoisotopic (exact) mass is 856 g/mol. The number of rotatable bonds is 10. The van der Waals surface area contributed by atoms with Crippen molar-refractivity contribution in [3.05, 3.63) is 148 Å². The summed E-state index contributed by atoms with van der Waals surface area (Å²) in [5.74, 6) is -5.15. The predicted octanol–water partition coefficient (Wildman–Crippen LogP) is 3.95. The van der Waals surface area contributed by atoms with Gasteiger partial charge in [0.2, 0.25) is 35.4 Å². The largest absolute Gasteiger partial charge is 0.480 e. The Morgan fingerprint density at radius 3 is 1.77 bits per heavy atom. The Kier molecular flexibility index (Phi) is 15.3. The first-order valence-electron chi connectivity index (χ1n) is 20.2. The quantitative estimate of drug-likeness (QED) is 0.102. The summed E-state index contributed by atoms with van der Waals surface area (Å²) in [6.45, 7) is 1.30. The standard InChI is InChI=1S/C47H48N6O8S/c1-29(47(60)61)48-43(56)37-27-32-16-20-35(21-17-32)49-41(54)22-23-42(55)50-40(28-36-13-8-24-62-36)46(59)53-39(26-31-14-18-34(19-15-31)33-11-6-3-7-12-33)45(58)52-38(44(57)51-37)25-30-9-4-2-5-10-30/h2-21,24,29,37-40H,22-23,25-28H2,1H3,(H,48,56)(H,49,54)(H,50,55)(H,51,57)(H,52,58)(H,53,59)(H,60,61). The third-order valence-electron chi connectivity index (χ3n) is 10.3. The van der Waals surface area contributed by atoms with Crippen molar-refractivity contribution in [2.24, 2.45) is 0 Å². The van der Waals surface area contributed by atoms with Crippen LogP contribution in [-0.4, -0.2) is 76.7 Å². The third kappa shape index (κ3) is 12.9. The molecule has 0 fully saturated rings. The molecule has 3 heterocycles. The summed E-state index contributed by atoms with van der Waals surface area (Å²) in [7, 11) is 0. The van der Waals surface area contributed by atoms with Crippen molar-refractivity contribution in [1.29, 1.82) is 0 Å². The van der Waals surface area contributed by atoms with E-state index in [4.69, 9.17) is 0 Å². The van der Waals surface area contributed by atoms with Gasteiger partial charge in [-0.05, 0) is 58.3 Å². The van der Waals surface area contributed by atoms with Crippen molar-refractivity contribution < 1.29 is 38.7 Å². The summed E-state index contributed by atoms with van der Waals surface area (Å²) in [6, 6.07) is 30.1. The van der Waals surface area contributed by atoms with Crippen molar-refractivity contribution in [2.75, 3.05) is 5.32 Å². The lowest BCUT2D eigenvalue weighted by molar-refractivity contribution is -0.141. The van der Waals surface area contributed by atoms with E-state index in [0.717, 1.165) is 16.0 Å². The molecule has 1 aromatic heterocycles. The molecule has 2 bridgehead atoms. The highest BCUT2D eigenvalue weighted by atomic mass is 32.1. The number of benzene rings is 4. The minimum Gasteiger partial charge on any atom is -0.480 e. The van der Waals surface area contributed by atoms with E-state index in [1.165, 1.54) is 18.3 Å². The molecule has 15 heteroatoms. The Bertz CT molecular complexity index is 2340. The maximum atomic E-state index is 14.6. The molecule has 6 amide bonds. The van der Waals surface area contributed by atoms with Crippen LogP contribution in [0.2, 0.25) is 0 Å². The van der Waals surface area contributed by atoms with E-state index in [9.17, 15) is 38.7 Å². The topological polar surface area (TPSA) is 212 Å². The average Bonchev–Trinajstić information content (AvgIpc) is 3.79. The zero-order valence-electron chi connectivity index (χ0n) is 34.0. The maximum Gasteiger partial charge on any atom is 0.325 e. The van der Waals surface area contributed by atoms with Gasteiger partial charge in [0.15, 0.2) is 0 Å². The van der Waals surface area contributed by atoms with Crippen LogP contribution in [0.15, 0.2) is 127 Å². The fourth-order valence-electron chi connectivity index (χ4n) is 6.89. The number of thiophene rings is 1. The molecule has 2 aliphatic heterocycles. The van der Waals surface area contributed by atoms with Crippen molar-refractivity contribution in [2.45, 2.75) is 75.7 Å². The zero-order chi connectivity index (χ0) is 44.0. The van der Waals surface area contributed by atoms with Crippen LogP contribution in [0, 0.1) is 0 Å². The Morgan fingerprint density at radius 1 is 0.629 bits per heavy atom. The summed E-state index contributed by atoms with van der Waals surface area (Å²) in [5.41, 5.74) is 4.29. The fraction of sp³-hybridized carbons (Fsp3) is 0.255. The van der Waals surface area contributed by atoms with Gasteiger partial charge in [-0.25, -0.2) is 0 Å². The first kappa shape index (κ1) is 44.4. The number of nitrogens with one attached hydrogen (secondary N) is 6. The van der Waals surface area contributed by atoms with E-state index in [2.05, 4.69) is 31.9 Å². The number of fused-ring (bicyclic) bond motifs is 18. The van der Waals surface area contributed by atoms with Crippen LogP contribution in [0.25, 0.3) is 11.1 Å². The van der Waals surface area contributed by atoms with Gasteiger partial charge in [-0.15, -0.1) is 11.3 Å². The van der Waals surface area contributed by atoms with Crippen molar-refractivity contribution >= 4 is 58.4 Å². The Balaban J connectivity index is 1.36. The second-order valence-electron chi connectivity index (χ2n) is 15.1. The van der Waals surface area contributed by atoms with Crippen molar-refractivity contribution in [3.63, 3.8) is 0 Å². The van der Waals surface area contributed by atoms with Gasteiger partial charge in [-0.1, -0.05) is 103 Å². The zero-order valence-corrected chi connectivity index (χ0v) is 34.8. The van der Waals surface area contributed by atoms with E-state index < -0.39 is 71.6 Å². The molecule has 0 saturated heterocycles. The van der Waals surface area contributed by atoms with Gasteiger partial charge in [0.1, 0.15) is 30.2 Å². The molecule has 5 aromatic rings. The molecule has 2 aliphatic rings. The van der Waals surface area contributed by atoms with Gasteiger partial charge in [-0.2, -0.15) is 0 Å². The summed E-state index contributed by atoms with van der Waals surface area (Å²) >= 11 is 1.39. The Hall–Kier alpha value is -7.13. The van der Waals surface area contributed by atoms with Gasteiger partial charge in [0.05, 0.1) is 0 Å². The highest BCUT2D eigenvalue weighted by Crippen LogP contribution is 2.21. The number of carboxylic acids is 1. The SMILES string of the molecule is CC(NC(=O)C1Cc2ccc(cc2)NC(=O)CCC(=O)NC(Cc2cccs2)C(=O)NC(Cc2ccc(-c3ccccc3)cc2)C(=O)NC(Cc2ccccc2)C(=O)N1)C(=O)O. The van der Waals surface area contributed by atoms with Gasteiger partial charge >= 0.3 is 5.97 Å². The molecule has 5 unspecified atom stereocenters. The molecule has 0 spiro atoms. The number of hydrogen-bond donors (Lipinski definition) is 7. The van der Waals surface area contributed by atoms with Crippen LogP contribution in [-0.2, 0) is 59.2 Å². The summed E-state index contributed by atoms with van der Waals surface area (Å²) in [6.07, 6.45) is -0.388. The van der Waals surface area contributed by atoms with E-state index in [1.54, 1.807) is 54.6 Å². The van der Waals surface area contributed by atoms with Crippen LogP contribution >= 0.6 is 11.3 Å². The molecule has 7 N–H and O–H groups in total. The molecular weight excluding hydrogens is 809 g/mol. The normalized spacial score (nSPS) is 19.7. The van der Waals surface area contributed by atoms with Crippen LogP contribution < -0.4 is 31.9 Å². The smallest absolute Gasteiger partial charge is 0.325 e. The fourth-order valence-corrected chi connectivity index (χ4v) is 7.64. The Labute approximate surface area is 362 Å². The second-order valence-corrected chi connectivity index (χ2v) is 16.1. The van der Waals surface area contributed by atoms with E-state index >= 15 is 0 Å². The summed E-state index contributed by atoms with van der Waals surface area (Å²) in [4.78, 5) is 95.6. The molecule has 0 aliphatic carbocycles. The number of aliphatic carboxylic acids is 1. The summed E-state index contributed by atoms with van der Waals surface area (Å²) in [5, 5.41) is 27.7. The van der Waals surface area contributed by atoms with Gasteiger partial charge < -0.3 is 37.0 Å². The minimum atomic E-state index is -1.29. The second kappa shape index (κ2) is 21.4. The molecule has 62 heavy (non-hydrogen) atoms. The first-order valence-corrected chi connectivity index (χ1v) is 21.1. The lowest BCUT2D eigenvalue weighted by Gasteiger charge is -2.27. The molecular formula is C47H48N6O8S. The third-order valence-corrected chi connectivity index (χ3v) is 11.2. The van der Waals surface area contributed by atoms with Crippen LogP contribution in [0.3, 0.4) is 0 Å². The molecule has 5 atom stereocenters. The molecule has 7 rings (SSSR count). The average molecular weight is 857 g/mol. The van der Waals surface area contributed by atoms with Crippen LogP contribution in [0.1, 0.15) is 41.3 Å². The molecule has 14 nitrogen and oxygen atoms in total. The highest BCUT2D eigenvalue weighted by molar-refractivity contribution is 7.09. The van der Waals surface area contributed by atoms with Crippen LogP contribution in [0.4, 0.5) is 5.69 Å². The number of hydrogen-bond acceptors (Lipinski definition) is 8. The number of carbonyl (C=O) groups excluding carboxylic acids is 6. The number of anilines is 1. The van der Waals surface area contributed by atoms with Gasteiger partial charge in [0, 0.05) is 49.1 Å². The van der Waals surface area contributed by atoms with Crippen molar-refractivity contribution in [3.8, 4) is 11.1 Å². The molecule has 0 saturated carbocycles. The highest BCUT2D eigenvalue weighted by Gasteiger charge is 2.33.